The standard InChI is InChI=1S/C8H8BrNO2S/c1-5(11)8(12)10(2)7-4-3-6(9)13-7/h3-4H,1-2H3. The minimum Gasteiger partial charge on any atom is -0.300 e. The first kappa shape index (κ1) is 10.4. The number of rotatable bonds is 2. The molecule has 0 fully saturated rings. The third-order valence-electron chi connectivity index (χ3n) is 1.50. The lowest BCUT2D eigenvalue weighted by Crippen LogP contribution is -2.30. The van der Waals surface area contributed by atoms with Crippen molar-refractivity contribution in [2.75, 3.05) is 11.9 Å². The molecule has 0 saturated heterocycles. The maximum Gasteiger partial charge on any atom is 0.294 e. The lowest BCUT2D eigenvalue weighted by molar-refractivity contribution is -0.134. The minimum atomic E-state index is -0.491. The first-order valence-corrected chi connectivity index (χ1v) is 5.17. The highest BCUT2D eigenvalue weighted by molar-refractivity contribution is 9.11. The van der Waals surface area contributed by atoms with Crippen molar-refractivity contribution >= 4 is 44.0 Å². The number of likely N-dealkylation sites (N-methyl/N-ethyl adjacent to an activating group) is 1. The zero-order chi connectivity index (χ0) is 10.0. The summed E-state index contributed by atoms with van der Waals surface area (Å²) >= 11 is 4.69. The Balaban J connectivity index is 2.85. The molecule has 0 unspecified atom stereocenters. The van der Waals surface area contributed by atoms with Crippen molar-refractivity contribution in [1.82, 2.24) is 0 Å². The number of carbonyl (C=O) groups excluding carboxylic acids is 2. The van der Waals surface area contributed by atoms with E-state index in [-0.39, 0.29) is 0 Å². The van der Waals surface area contributed by atoms with Crippen LogP contribution in [-0.2, 0) is 9.59 Å². The molecule has 70 valence electrons. The second-order valence-corrected chi connectivity index (χ2v) is 4.94. The molecule has 1 rings (SSSR count). The highest BCUT2D eigenvalue weighted by Gasteiger charge is 2.16. The highest BCUT2D eigenvalue weighted by atomic mass is 79.9. The van der Waals surface area contributed by atoms with Gasteiger partial charge >= 0.3 is 0 Å². The third kappa shape index (κ3) is 2.38. The number of anilines is 1. The van der Waals surface area contributed by atoms with Crippen molar-refractivity contribution in [3.8, 4) is 0 Å². The Morgan fingerprint density at radius 1 is 1.46 bits per heavy atom. The van der Waals surface area contributed by atoms with Gasteiger partial charge in [0.2, 0.25) is 5.78 Å². The SMILES string of the molecule is CC(=O)C(=O)N(C)c1ccc(Br)s1. The van der Waals surface area contributed by atoms with Crippen LogP contribution in [0, 0.1) is 0 Å². The number of hydrogen-bond acceptors (Lipinski definition) is 3. The van der Waals surface area contributed by atoms with Gasteiger partial charge in [-0.1, -0.05) is 0 Å². The molecule has 0 atom stereocenters. The first-order valence-electron chi connectivity index (χ1n) is 3.56. The summed E-state index contributed by atoms with van der Waals surface area (Å²) in [7, 11) is 1.59. The van der Waals surface area contributed by atoms with Crippen LogP contribution in [0.15, 0.2) is 15.9 Å². The van der Waals surface area contributed by atoms with Crippen molar-refractivity contribution < 1.29 is 9.59 Å². The van der Waals surface area contributed by atoms with Gasteiger partial charge in [-0.3, -0.25) is 9.59 Å². The average Bonchev–Trinajstić information content (AvgIpc) is 2.49. The van der Waals surface area contributed by atoms with Crippen LogP contribution in [0.1, 0.15) is 6.92 Å². The summed E-state index contributed by atoms with van der Waals surface area (Å²) in [5.41, 5.74) is 0. The van der Waals surface area contributed by atoms with E-state index in [2.05, 4.69) is 15.9 Å². The minimum absolute atomic E-state index is 0.452. The second-order valence-electron chi connectivity index (χ2n) is 2.50. The molecule has 0 aromatic carbocycles. The van der Waals surface area contributed by atoms with Gasteiger partial charge in [-0.15, -0.1) is 11.3 Å². The van der Waals surface area contributed by atoms with E-state index in [0.717, 1.165) is 8.79 Å². The van der Waals surface area contributed by atoms with Crippen molar-refractivity contribution in [1.29, 1.82) is 0 Å². The summed E-state index contributed by atoms with van der Waals surface area (Å²) in [5.74, 6) is -0.943. The van der Waals surface area contributed by atoms with Gasteiger partial charge in [0.05, 0.1) is 8.79 Å². The normalized spacial score (nSPS) is 9.77. The molecule has 0 aliphatic carbocycles. The third-order valence-corrected chi connectivity index (χ3v) is 3.20. The molecular formula is C8H8BrNO2S. The Hall–Kier alpha value is -0.680. The van der Waals surface area contributed by atoms with E-state index < -0.39 is 11.7 Å². The van der Waals surface area contributed by atoms with Gasteiger partial charge in [-0.05, 0) is 28.1 Å². The van der Waals surface area contributed by atoms with Gasteiger partial charge < -0.3 is 4.90 Å². The molecule has 0 radical (unpaired) electrons. The van der Waals surface area contributed by atoms with E-state index in [4.69, 9.17) is 0 Å². The predicted molar refractivity (Wildman–Crippen MR) is 56.1 cm³/mol. The molecule has 1 aromatic heterocycles. The molecule has 5 heteroatoms. The van der Waals surface area contributed by atoms with Gasteiger partial charge in [0, 0.05) is 14.0 Å². The smallest absolute Gasteiger partial charge is 0.294 e. The summed E-state index contributed by atoms with van der Waals surface area (Å²) < 4.78 is 0.936. The van der Waals surface area contributed by atoms with Gasteiger partial charge in [-0.2, -0.15) is 0 Å². The predicted octanol–water partition coefficient (Wildman–Crippen LogP) is 2.06. The highest BCUT2D eigenvalue weighted by Crippen LogP contribution is 2.29. The number of carbonyl (C=O) groups is 2. The van der Waals surface area contributed by atoms with Gasteiger partial charge in [-0.25, -0.2) is 0 Å². The summed E-state index contributed by atoms with van der Waals surface area (Å²) in [6, 6.07) is 3.62. The Labute approximate surface area is 88.5 Å². The Kier molecular flexibility index (Phi) is 3.22. The van der Waals surface area contributed by atoms with Crippen LogP contribution >= 0.6 is 27.3 Å². The molecule has 13 heavy (non-hydrogen) atoms. The van der Waals surface area contributed by atoms with Crippen LogP contribution in [0.5, 0.6) is 0 Å². The molecule has 0 saturated carbocycles. The van der Waals surface area contributed by atoms with E-state index in [0.29, 0.717) is 0 Å². The molecule has 0 spiro atoms. The van der Waals surface area contributed by atoms with Crippen LogP contribution in [-0.4, -0.2) is 18.7 Å². The van der Waals surface area contributed by atoms with Crippen LogP contribution in [0.4, 0.5) is 5.00 Å². The number of halogens is 1. The topological polar surface area (TPSA) is 37.4 Å². The number of Topliss-reactive ketones (excluding diaryl/α,β-unsaturated/α-hetero) is 1. The monoisotopic (exact) mass is 261 g/mol. The molecule has 1 heterocycles. The van der Waals surface area contributed by atoms with E-state index in [1.54, 1.807) is 13.1 Å². The maximum absolute atomic E-state index is 11.2. The number of nitrogens with zero attached hydrogens (tertiary/aromatic N) is 1. The van der Waals surface area contributed by atoms with Crippen molar-refractivity contribution in [2.45, 2.75) is 6.92 Å². The maximum atomic E-state index is 11.2. The molecule has 0 aliphatic rings. The van der Waals surface area contributed by atoms with E-state index in [1.807, 2.05) is 6.07 Å². The summed E-state index contributed by atoms with van der Waals surface area (Å²) in [4.78, 5) is 23.3. The lowest BCUT2D eigenvalue weighted by atomic mass is 10.4. The van der Waals surface area contributed by atoms with Crippen LogP contribution in [0.3, 0.4) is 0 Å². The van der Waals surface area contributed by atoms with E-state index in [1.165, 1.54) is 23.2 Å². The molecule has 3 nitrogen and oxygen atoms in total. The Morgan fingerprint density at radius 2 is 2.08 bits per heavy atom. The fraction of sp³-hybridized carbons (Fsp3) is 0.250. The number of thiophene rings is 1. The molecule has 0 aliphatic heterocycles. The molecule has 1 amide bonds. The van der Waals surface area contributed by atoms with Crippen LogP contribution in [0.2, 0.25) is 0 Å². The van der Waals surface area contributed by atoms with Crippen LogP contribution < -0.4 is 4.90 Å². The largest absolute Gasteiger partial charge is 0.300 e. The first-order chi connectivity index (χ1) is 6.02. The summed E-state index contributed by atoms with van der Waals surface area (Å²) in [6.45, 7) is 1.27. The molecule has 0 N–H and O–H groups in total. The fourth-order valence-electron chi connectivity index (χ4n) is 0.821. The van der Waals surface area contributed by atoms with Gasteiger partial charge in [0.1, 0.15) is 0 Å². The molecular weight excluding hydrogens is 254 g/mol. The van der Waals surface area contributed by atoms with Gasteiger partial charge in [0.15, 0.2) is 0 Å². The van der Waals surface area contributed by atoms with E-state index in [9.17, 15) is 9.59 Å². The average molecular weight is 262 g/mol. The van der Waals surface area contributed by atoms with Crippen molar-refractivity contribution in [3.05, 3.63) is 15.9 Å². The summed E-state index contributed by atoms with van der Waals surface area (Å²) in [5, 5.41) is 0.757. The number of hydrogen-bond donors (Lipinski definition) is 0. The van der Waals surface area contributed by atoms with Crippen molar-refractivity contribution in [2.24, 2.45) is 0 Å². The van der Waals surface area contributed by atoms with Crippen LogP contribution in [0.25, 0.3) is 0 Å². The molecule has 0 bridgehead atoms. The quantitative estimate of drug-likeness (QED) is 0.765. The summed E-state index contributed by atoms with van der Waals surface area (Å²) in [6.07, 6.45) is 0. The molecule has 1 aromatic rings. The zero-order valence-corrected chi connectivity index (χ0v) is 9.61. The van der Waals surface area contributed by atoms with Gasteiger partial charge in [0.25, 0.3) is 5.91 Å². The fourth-order valence-corrected chi connectivity index (χ4v) is 2.14. The number of ketones is 1. The zero-order valence-electron chi connectivity index (χ0n) is 7.20. The second kappa shape index (κ2) is 4.02. The number of amides is 1. The lowest BCUT2D eigenvalue weighted by Gasteiger charge is -2.11. The Morgan fingerprint density at radius 3 is 2.46 bits per heavy atom. The van der Waals surface area contributed by atoms with E-state index >= 15 is 0 Å². The van der Waals surface area contributed by atoms with Crippen molar-refractivity contribution in [3.63, 3.8) is 0 Å². The Bertz CT molecular complexity index is 348.